The zero-order valence-electron chi connectivity index (χ0n) is 13.0. The first-order valence-electron chi connectivity index (χ1n) is 7.62. The second-order valence-electron chi connectivity index (χ2n) is 5.36. The summed E-state index contributed by atoms with van der Waals surface area (Å²) >= 11 is 1.23. The predicted molar refractivity (Wildman–Crippen MR) is 94.7 cm³/mol. The number of aromatic nitrogens is 1. The zero-order chi connectivity index (χ0) is 17.2. The summed E-state index contributed by atoms with van der Waals surface area (Å²) < 4.78 is 24.9. The number of carbonyl (C=O) groups is 1. The number of hydrogen-bond donors (Lipinski definition) is 1. The van der Waals surface area contributed by atoms with E-state index in [4.69, 9.17) is 9.47 Å². The summed E-state index contributed by atoms with van der Waals surface area (Å²) in [5.41, 5.74) is 1.48. The summed E-state index contributed by atoms with van der Waals surface area (Å²) in [5, 5.41) is 3.11. The van der Waals surface area contributed by atoms with Crippen molar-refractivity contribution in [2.45, 2.75) is 0 Å². The number of nitrogens with zero attached hydrogens (tertiary/aromatic N) is 1. The van der Waals surface area contributed by atoms with E-state index in [2.05, 4.69) is 10.3 Å². The smallest absolute Gasteiger partial charge is 0.250 e. The lowest BCUT2D eigenvalue weighted by Crippen LogP contribution is -2.15. The van der Waals surface area contributed by atoms with Crippen LogP contribution >= 0.6 is 11.3 Å². The van der Waals surface area contributed by atoms with Crippen LogP contribution in [0.25, 0.3) is 16.3 Å². The molecule has 3 aromatic rings. The maximum absolute atomic E-state index is 13.2. The summed E-state index contributed by atoms with van der Waals surface area (Å²) in [4.78, 5) is 16.3. The SMILES string of the molecule is O=C(/C=C\c1ccc2c(c1)OCCO2)Nc1nc2ccc(F)cc2s1. The minimum Gasteiger partial charge on any atom is -0.486 e. The second-order valence-corrected chi connectivity index (χ2v) is 6.39. The number of fused-ring (bicyclic) bond motifs is 2. The van der Waals surface area contributed by atoms with Gasteiger partial charge in [-0.05, 0) is 42.0 Å². The van der Waals surface area contributed by atoms with Crippen molar-refractivity contribution in [2.24, 2.45) is 0 Å². The van der Waals surface area contributed by atoms with Gasteiger partial charge in [-0.3, -0.25) is 10.1 Å². The molecule has 1 N–H and O–H groups in total. The molecule has 25 heavy (non-hydrogen) atoms. The first kappa shape index (κ1) is 15.6. The lowest BCUT2D eigenvalue weighted by molar-refractivity contribution is -0.111. The Labute approximate surface area is 146 Å². The fourth-order valence-electron chi connectivity index (χ4n) is 2.43. The molecule has 2 heterocycles. The van der Waals surface area contributed by atoms with Crippen LogP contribution in [0, 0.1) is 5.82 Å². The Hall–Kier alpha value is -2.93. The molecule has 5 nitrogen and oxygen atoms in total. The Kier molecular flexibility index (Phi) is 4.07. The van der Waals surface area contributed by atoms with Crippen molar-refractivity contribution in [1.82, 2.24) is 4.98 Å². The van der Waals surface area contributed by atoms with Crippen LogP contribution in [0.1, 0.15) is 5.56 Å². The van der Waals surface area contributed by atoms with Gasteiger partial charge in [0.25, 0.3) is 0 Å². The molecule has 0 saturated heterocycles. The monoisotopic (exact) mass is 356 g/mol. The van der Waals surface area contributed by atoms with E-state index in [1.54, 1.807) is 12.1 Å². The van der Waals surface area contributed by atoms with Gasteiger partial charge in [0.15, 0.2) is 16.6 Å². The van der Waals surface area contributed by atoms with E-state index in [1.807, 2.05) is 18.2 Å². The third-order valence-corrected chi connectivity index (χ3v) is 4.51. The van der Waals surface area contributed by atoms with Gasteiger partial charge >= 0.3 is 0 Å². The molecule has 0 unspecified atom stereocenters. The lowest BCUT2D eigenvalue weighted by Gasteiger charge is -2.18. The highest BCUT2D eigenvalue weighted by atomic mass is 32.1. The normalized spacial score (nSPS) is 13.3. The highest BCUT2D eigenvalue weighted by Gasteiger charge is 2.11. The largest absolute Gasteiger partial charge is 0.486 e. The van der Waals surface area contributed by atoms with Gasteiger partial charge in [0.1, 0.15) is 19.0 Å². The number of nitrogens with one attached hydrogen (secondary N) is 1. The predicted octanol–water partition coefficient (Wildman–Crippen LogP) is 3.86. The number of anilines is 1. The molecule has 0 atom stereocenters. The van der Waals surface area contributed by atoms with Gasteiger partial charge in [-0.1, -0.05) is 17.4 Å². The molecular formula is C18H13FN2O3S. The molecule has 0 radical (unpaired) electrons. The summed E-state index contributed by atoms with van der Waals surface area (Å²) in [6, 6.07) is 9.80. The number of thiazole rings is 1. The van der Waals surface area contributed by atoms with Crippen molar-refractivity contribution in [3.63, 3.8) is 0 Å². The molecule has 1 aliphatic rings. The van der Waals surface area contributed by atoms with Crippen molar-refractivity contribution < 1.29 is 18.7 Å². The third kappa shape index (κ3) is 3.46. The Morgan fingerprint density at radius 3 is 2.88 bits per heavy atom. The van der Waals surface area contributed by atoms with Crippen LogP contribution in [0.3, 0.4) is 0 Å². The van der Waals surface area contributed by atoms with Gasteiger partial charge in [0.2, 0.25) is 5.91 Å². The van der Waals surface area contributed by atoms with E-state index in [1.165, 1.54) is 29.5 Å². The average molecular weight is 356 g/mol. The van der Waals surface area contributed by atoms with Gasteiger partial charge in [-0.15, -0.1) is 0 Å². The van der Waals surface area contributed by atoms with Crippen molar-refractivity contribution in [3.8, 4) is 11.5 Å². The Morgan fingerprint density at radius 1 is 1.16 bits per heavy atom. The minimum absolute atomic E-state index is 0.311. The van der Waals surface area contributed by atoms with Crippen molar-refractivity contribution in [1.29, 1.82) is 0 Å². The van der Waals surface area contributed by atoms with Gasteiger partial charge in [-0.2, -0.15) is 0 Å². The minimum atomic E-state index is -0.326. The molecule has 2 aromatic carbocycles. The van der Waals surface area contributed by atoms with Crippen molar-refractivity contribution >= 4 is 38.7 Å². The van der Waals surface area contributed by atoms with E-state index in [-0.39, 0.29) is 11.7 Å². The fourth-order valence-corrected chi connectivity index (χ4v) is 3.33. The van der Waals surface area contributed by atoms with Crippen LogP contribution < -0.4 is 14.8 Å². The maximum atomic E-state index is 13.2. The molecule has 1 aromatic heterocycles. The maximum Gasteiger partial charge on any atom is 0.250 e. The van der Waals surface area contributed by atoms with E-state index < -0.39 is 0 Å². The lowest BCUT2D eigenvalue weighted by atomic mass is 10.2. The molecule has 0 bridgehead atoms. The second kappa shape index (κ2) is 6.52. The van der Waals surface area contributed by atoms with Crippen LogP contribution in [0.15, 0.2) is 42.5 Å². The molecule has 1 aliphatic heterocycles. The topological polar surface area (TPSA) is 60.5 Å². The molecule has 0 aliphatic carbocycles. The van der Waals surface area contributed by atoms with Crippen LogP contribution in [-0.2, 0) is 4.79 Å². The van der Waals surface area contributed by atoms with Crippen LogP contribution in [0.5, 0.6) is 11.5 Å². The van der Waals surface area contributed by atoms with E-state index in [0.29, 0.717) is 40.1 Å². The highest BCUT2D eigenvalue weighted by Crippen LogP contribution is 2.31. The number of rotatable bonds is 3. The standard InChI is InChI=1S/C18H13FN2O3S/c19-12-3-4-13-16(10-12)25-18(20-13)21-17(22)6-2-11-1-5-14-15(9-11)24-8-7-23-14/h1-6,9-10H,7-8H2,(H,20,21,22)/b6-2-. The molecule has 1 amide bonds. The van der Waals surface area contributed by atoms with Gasteiger partial charge in [0.05, 0.1) is 10.2 Å². The number of carbonyl (C=O) groups excluding carboxylic acids is 1. The number of hydrogen-bond acceptors (Lipinski definition) is 5. The summed E-state index contributed by atoms with van der Waals surface area (Å²) in [7, 11) is 0. The molecule has 7 heteroatoms. The van der Waals surface area contributed by atoms with Gasteiger partial charge in [0, 0.05) is 6.08 Å². The molecule has 4 rings (SSSR count). The summed E-state index contributed by atoms with van der Waals surface area (Å²) in [6.07, 6.45) is 3.10. The molecular weight excluding hydrogens is 343 g/mol. The average Bonchev–Trinajstić information content (AvgIpc) is 3.01. The quantitative estimate of drug-likeness (QED) is 0.724. The number of benzene rings is 2. The first-order valence-corrected chi connectivity index (χ1v) is 8.44. The van der Waals surface area contributed by atoms with E-state index in [0.717, 1.165) is 5.56 Å². The molecule has 126 valence electrons. The number of halogens is 1. The third-order valence-electron chi connectivity index (χ3n) is 3.57. The van der Waals surface area contributed by atoms with E-state index >= 15 is 0 Å². The van der Waals surface area contributed by atoms with Crippen molar-refractivity contribution in [2.75, 3.05) is 18.5 Å². The van der Waals surface area contributed by atoms with Crippen molar-refractivity contribution in [3.05, 3.63) is 53.9 Å². The van der Waals surface area contributed by atoms with Crippen LogP contribution in [0.4, 0.5) is 9.52 Å². The molecule has 0 spiro atoms. The Bertz CT molecular complexity index is 984. The number of amides is 1. The number of ether oxygens (including phenoxy) is 2. The van der Waals surface area contributed by atoms with E-state index in [9.17, 15) is 9.18 Å². The Morgan fingerprint density at radius 2 is 2.00 bits per heavy atom. The van der Waals surface area contributed by atoms with Gasteiger partial charge in [-0.25, -0.2) is 9.37 Å². The van der Waals surface area contributed by atoms with Crippen LogP contribution in [-0.4, -0.2) is 24.1 Å². The molecule has 0 fully saturated rings. The summed E-state index contributed by atoms with van der Waals surface area (Å²) in [5.74, 6) is 0.735. The van der Waals surface area contributed by atoms with Crippen LogP contribution in [0.2, 0.25) is 0 Å². The van der Waals surface area contributed by atoms with Gasteiger partial charge < -0.3 is 9.47 Å². The highest BCUT2D eigenvalue weighted by molar-refractivity contribution is 7.22. The molecule has 0 saturated carbocycles. The first-order chi connectivity index (χ1) is 12.2. The summed E-state index contributed by atoms with van der Waals surface area (Å²) in [6.45, 7) is 1.05. The fraction of sp³-hybridized carbons (Fsp3) is 0.111. The Balaban J connectivity index is 1.46. The zero-order valence-corrected chi connectivity index (χ0v) is 13.8.